The van der Waals surface area contributed by atoms with Gasteiger partial charge in [0, 0.05) is 34.4 Å². The summed E-state index contributed by atoms with van der Waals surface area (Å²) in [6.07, 6.45) is 2.05. The predicted octanol–water partition coefficient (Wildman–Crippen LogP) is 3.36. The van der Waals surface area contributed by atoms with Gasteiger partial charge in [0.05, 0.1) is 55.3 Å². The fourth-order valence-electron chi connectivity index (χ4n) is 8.49. The molecular formula is C43H74N6O8. The highest BCUT2D eigenvalue weighted by atomic mass is 16.7. The van der Waals surface area contributed by atoms with Gasteiger partial charge in [-0.15, -0.1) is 0 Å². The van der Waals surface area contributed by atoms with Crippen molar-refractivity contribution in [1.29, 1.82) is 0 Å². The topological polar surface area (TPSA) is 162 Å². The second-order valence-electron chi connectivity index (χ2n) is 16.7. The summed E-state index contributed by atoms with van der Waals surface area (Å²) >= 11 is 0. The molecule has 2 heterocycles. The highest BCUT2D eigenvalue weighted by Crippen LogP contribution is 2.30. The molecule has 57 heavy (non-hydrogen) atoms. The largest absolute Gasteiger partial charge is 0.379 e. The monoisotopic (exact) mass is 803 g/mol. The van der Waals surface area contributed by atoms with Gasteiger partial charge in [-0.05, 0) is 62.5 Å². The number of likely N-dealkylation sites (N-methyl/N-ethyl adjacent to an activating group) is 2. The van der Waals surface area contributed by atoms with Crippen LogP contribution in [0.15, 0.2) is 30.3 Å². The summed E-state index contributed by atoms with van der Waals surface area (Å²) in [4.78, 5) is 65.0. The third-order valence-electron chi connectivity index (χ3n) is 12.1. The van der Waals surface area contributed by atoms with Gasteiger partial charge >= 0.3 is 0 Å². The Kier molecular flexibility index (Phi) is 19.8. The van der Waals surface area contributed by atoms with Gasteiger partial charge in [0.2, 0.25) is 23.6 Å². The molecule has 2 aliphatic heterocycles. The number of nitrogens with one attached hydrogen (secondary N) is 3. The first-order valence-electron chi connectivity index (χ1n) is 21.1. The summed E-state index contributed by atoms with van der Waals surface area (Å²) in [5, 5.41) is 22.1. The highest BCUT2D eigenvalue weighted by molar-refractivity contribution is 5.90. The Morgan fingerprint density at radius 1 is 0.912 bits per heavy atom. The number of likely N-dealkylation sites (tertiary alicyclic amines) is 1. The van der Waals surface area contributed by atoms with E-state index < -0.39 is 48.5 Å². The molecule has 2 saturated heterocycles. The third kappa shape index (κ3) is 12.9. The van der Waals surface area contributed by atoms with Gasteiger partial charge in [0.15, 0.2) is 0 Å². The van der Waals surface area contributed by atoms with Crippen molar-refractivity contribution in [3.8, 4) is 0 Å². The standard InChI is InChI=1S/C43H74N6O8/c1-12-29(6)38(47(9)43(54)37(28(4)5)46-41(52)36(44-8)27(2)3)34(55-10)26-35(50)48-22-18-21-33(48)39(56-11)30(7)40(51)45-32(25-31-19-14-13-15-20-31)42(53)49-23-16-17-24-57-49/h13-15,19-20,27-30,32-34,36-39,42,44,53H,12,16-18,21-26H2,1-11H3,(H,45,51)(H,46,52). The van der Waals surface area contributed by atoms with Crippen LogP contribution in [0.2, 0.25) is 0 Å². The van der Waals surface area contributed by atoms with Crippen molar-refractivity contribution in [3.05, 3.63) is 35.9 Å². The van der Waals surface area contributed by atoms with Crippen molar-refractivity contribution >= 4 is 23.6 Å². The lowest BCUT2D eigenvalue weighted by atomic mass is 9.89. The van der Waals surface area contributed by atoms with Crippen molar-refractivity contribution < 1.29 is 38.6 Å². The Morgan fingerprint density at radius 3 is 2.12 bits per heavy atom. The molecule has 14 nitrogen and oxygen atoms in total. The molecule has 0 aromatic heterocycles. The third-order valence-corrected chi connectivity index (χ3v) is 12.1. The van der Waals surface area contributed by atoms with E-state index in [0.29, 0.717) is 32.5 Å². The summed E-state index contributed by atoms with van der Waals surface area (Å²) < 4.78 is 12.1. The zero-order valence-corrected chi connectivity index (χ0v) is 36.5. The number of aliphatic hydroxyl groups is 1. The molecule has 10 atom stereocenters. The highest BCUT2D eigenvalue weighted by Gasteiger charge is 2.43. The molecule has 324 valence electrons. The van der Waals surface area contributed by atoms with Crippen LogP contribution in [0.25, 0.3) is 0 Å². The van der Waals surface area contributed by atoms with Gasteiger partial charge in [0.25, 0.3) is 0 Å². The molecule has 1 aromatic carbocycles. The van der Waals surface area contributed by atoms with Gasteiger partial charge in [-0.25, -0.2) is 0 Å². The lowest BCUT2D eigenvalue weighted by Gasteiger charge is -2.41. The first-order valence-corrected chi connectivity index (χ1v) is 21.1. The van der Waals surface area contributed by atoms with Crippen LogP contribution in [0.5, 0.6) is 0 Å². The maximum absolute atomic E-state index is 14.3. The van der Waals surface area contributed by atoms with Gasteiger partial charge < -0.3 is 40.3 Å². The zero-order valence-electron chi connectivity index (χ0n) is 36.5. The number of nitrogens with zero attached hydrogens (tertiary/aromatic N) is 3. The summed E-state index contributed by atoms with van der Waals surface area (Å²) in [5.41, 5.74) is 0.969. The van der Waals surface area contributed by atoms with Crippen molar-refractivity contribution in [2.24, 2.45) is 23.7 Å². The van der Waals surface area contributed by atoms with Crippen molar-refractivity contribution in [2.75, 3.05) is 48.0 Å². The first kappa shape index (κ1) is 48.2. The fourth-order valence-corrected chi connectivity index (χ4v) is 8.49. The second-order valence-corrected chi connectivity index (χ2v) is 16.7. The average Bonchev–Trinajstić information content (AvgIpc) is 3.69. The Hall–Kier alpha value is -3.14. The van der Waals surface area contributed by atoms with Crippen LogP contribution in [0, 0.1) is 23.7 Å². The molecule has 2 aliphatic rings. The van der Waals surface area contributed by atoms with E-state index in [1.165, 1.54) is 0 Å². The molecule has 0 saturated carbocycles. The van der Waals surface area contributed by atoms with E-state index in [1.54, 1.807) is 50.1 Å². The molecule has 0 bridgehead atoms. The van der Waals surface area contributed by atoms with E-state index >= 15 is 0 Å². The molecular weight excluding hydrogens is 729 g/mol. The van der Waals surface area contributed by atoms with E-state index in [9.17, 15) is 24.3 Å². The number of methoxy groups -OCH3 is 2. The second kappa shape index (κ2) is 23.5. The number of carbonyl (C=O) groups excluding carboxylic acids is 4. The minimum Gasteiger partial charge on any atom is -0.379 e. The smallest absolute Gasteiger partial charge is 0.245 e. The van der Waals surface area contributed by atoms with Crippen LogP contribution in [0.3, 0.4) is 0 Å². The number of hydrogen-bond donors (Lipinski definition) is 4. The molecule has 0 spiro atoms. The molecule has 14 heteroatoms. The van der Waals surface area contributed by atoms with Crippen LogP contribution in [0.1, 0.15) is 92.6 Å². The van der Waals surface area contributed by atoms with E-state index in [2.05, 4.69) is 16.0 Å². The van der Waals surface area contributed by atoms with E-state index in [0.717, 1.165) is 31.2 Å². The Bertz CT molecular complexity index is 1390. The van der Waals surface area contributed by atoms with E-state index in [-0.39, 0.29) is 53.8 Å². The average molecular weight is 803 g/mol. The van der Waals surface area contributed by atoms with Gasteiger partial charge in [-0.2, -0.15) is 5.06 Å². The van der Waals surface area contributed by atoms with Gasteiger partial charge in [-0.1, -0.05) is 85.2 Å². The number of ether oxygens (including phenoxy) is 2. The van der Waals surface area contributed by atoms with Crippen LogP contribution >= 0.6 is 0 Å². The molecule has 10 unspecified atom stereocenters. The Balaban J connectivity index is 1.79. The summed E-state index contributed by atoms with van der Waals surface area (Å²) in [7, 11) is 6.59. The maximum atomic E-state index is 14.3. The van der Waals surface area contributed by atoms with Gasteiger partial charge in [-0.3, -0.25) is 24.0 Å². The number of benzene rings is 1. The predicted molar refractivity (Wildman–Crippen MR) is 221 cm³/mol. The molecule has 0 aliphatic carbocycles. The van der Waals surface area contributed by atoms with Crippen molar-refractivity contribution in [3.63, 3.8) is 0 Å². The van der Waals surface area contributed by atoms with Crippen LogP contribution in [-0.2, 0) is 39.9 Å². The Morgan fingerprint density at radius 2 is 1.58 bits per heavy atom. The number of aliphatic hydroxyl groups excluding tert-OH is 1. The van der Waals surface area contributed by atoms with Crippen LogP contribution in [0.4, 0.5) is 0 Å². The number of hydrogen-bond acceptors (Lipinski definition) is 10. The Labute approximate surface area is 342 Å². The number of carbonyl (C=O) groups is 4. The number of hydroxylamine groups is 2. The zero-order chi connectivity index (χ0) is 42.4. The minimum absolute atomic E-state index is 0.0195. The summed E-state index contributed by atoms with van der Waals surface area (Å²) in [6, 6.07) is 7.02. The number of amides is 4. The molecule has 1 aromatic rings. The number of rotatable bonds is 22. The van der Waals surface area contributed by atoms with E-state index in [4.69, 9.17) is 14.3 Å². The van der Waals surface area contributed by atoms with Crippen LogP contribution < -0.4 is 16.0 Å². The fraction of sp³-hybridized carbons (Fsp3) is 0.767. The molecule has 2 fully saturated rings. The van der Waals surface area contributed by atoms with Crippen molar-refractivity contribution in [2.45, 2.75) is 142 Å². The van der Waals surface area contributed by atoms with Crippen LogP contribution in [-0.4, -0.2) is 140 Å². The normalized spacial score (nSPS) is 21.2. The summed E-state index contributed by atoms with van der Waals surface area (Å²) in [6.45, 7) is 15.2. The quantitative estimate of drug-likeness (QED) is 0.137. The maximum Gasteiger partial charge on any atom is 0.245 e. The molecule has 3 rings (SSSR count). The minimum atomic E-state index is -1.06. The molecule has 4 N–H and O–H groups in total. The summed E-state index contributed by atoms with van der Waals surface area (Å²) in [5.74, 6) is -1.74. The van der Waals surface area contributed by atoms with Gasteiger partial charge in [0.1, 0.15) is 12.3 Å². The van der Waals surface area contributed by atoms with E-state index in [1.807, 2.05) is 71.9 Å². The van der Waals surface area contributed by atoms with Crippen molar-refractivity contribution in [1.82, 2.24) is 30.8 Å². The molecule has 0 radical (unpaired) electrons. The lowest BCUT2D eigenvalue weighted by Crippen LogP contribution is -2.59. The first-order chi connectivity index (χ1) is 27.1. The molecule has 4 amide bonds. The SMILES string of the molecule is CCC(C)C(C(CC(=O)N1CCCC1C(OC)C(C)C(=O)NC(Cc1ccccc1)C(O)N1CCCCO1)OC)N(C)C(=O)C(NC(=O)C(NC)C(C)C)C(C)C. The lowest BCUT2D eigenvalue weighted by molar-refractivity contribution is -0.261.